The molecular weight excluding hydrogens is 415 g/mol. The van der Waals surface area contributed by atoms with E-state index >= 15 is 0 Å². The number of rotatable bonds is 6. The molecule has 4 aromatic rings. The van der Waals surface area contributed by atoms with E-state index in [4.69, 9.17) is 4.74 Å². The highest BCUT2D eigenvalue weighted by Crippen LogP contribution is 2.35. The molecule has 2 aromatic heterocycles. The van der Waals surface area contributed by atoms with Gasteiger partial charge in [-0.2, -0.15) is 0 Å². The van der Waals surface area contributed by atoms with Crippen LogP contribution < -0.4 is 10.3 Å². The zero-order chi connectivity index (χ0) is 22.1. The van der Waals surface area contributed by atoms with Crippen LogP contribution in [0.5, 0.6) is 5.75 Å². The number of carbonyl (C=O) groups is 1. The molecule has 0 saturated carbocycles. The average molecular weight is 437 g/mol. The van der Waals surface area contributed by atoms with Gasteiger partial charge in [-0.1, -0.05) is 12.1 Å². The van der Waals surface area contributed by atoms with E-state index in [0.29, 0.717) is 21.5 Å². The molecule has 2 heterocycles. The minimum atomic E-state index is -0.341. The van der Waals surface area contributed by atoms with E-state index in [-0.39, 0.29) is 29.8 Å². The number of carbonyl (C=O) groups excluding carboxylic acids is 1. The molecule has 0 aliphatic carbocycles. The van der Waals surface area contributed by atoms with Gasteiger partial charge in [0, 0.05) is 16.0 Å². The van der Waals surface area contributed by atoms with E-state index in [1.807, 2.05) is 20.8 Å². The van der Waals surface area contributed by atoms with E-state index in [1.165, 1.54) is 34.4 Å². The molecule has 0 radical (unpaired) electrons. The summed E-state index contributed by atoms with van der Waals surface area (Å²) in [6, 6.07) is 12.9. The van der Waals surface area contributed by atoms with Crippen LogP contribution in [-0.4, -0.2) is 21.4 Å². The lowest BCUT2D eigenvalue weighted by Crippen LogP contribution is -2.24. The molecule has 0 bridgehead atoms. The molecule has 0 amide bonds. The Balaban J connectivity index is 1.68. The second-order valence-corrected chi connectivity index (χ2v) is 8.72. The van der Waals surface area contributed by atoms with Gasteiger partial charge in [-0.25, -0.2) is 9.37 Å². The van der Waals surface area contributed by atoms with Crippen LogP contribution in [0.15, 0.2) is 59.7 Å². The van der Waals surface area contributed by atoms with Crippen LogP contribution >= 0.6 is 11.3 Å². The summed E-state index contributed by atoms with van der Waals surface area (Å²) >= 11 is 1.41. The van der Waals surface area contributed by atoms with Gasteiger partial charge in [0.05, 0.1) is 24.4 Å². The zero-order valence-corrected chi connectivity index (χ0v) is 18.2. The molecule has 158 valence electrons. The Morgan fingerprint density at radius 2 is 1.81 bits per heavy atom. The Kier molecular flexibility index (Phi) is 5.69. The molecule has 0 atom stereocenters. The number of thiophene rings is 1. The monoisotopic (exact) mass is 436 g/mol. The van der Waals surface area contributed by atoms with Crippen molar-refractivity contribution in [1.82, 2.24) is 9.55 Å². The Bertz CT molecular complexity index is 1310. The SMILES string of the molecule is Cc1sc2ncn(CC(=O)c3ccc(OC(C)C)cc3)c(=O)c2c1-c1ccc(F)cc1. The minimum Gasteiger partial charge on any atom is -0.491 e. The largest absolute Gasteiger partial charge is 0.491 e. The van der Waals surface area contributed by atoms with Crippen LogP contribution in [0.4, 0.5) is 4.39 Å². The maximum atomic E-state index is 13.4. The van der Waals surface area contributed by atoms with E-state index in [9.17, 15) is 14.0 Å². The lowest BCUT2D eigenvalue weighted by atomic mass is 10.0. The smallest absolute Gasteiger partial charge is 0.263 e. The first-order valence-corrected chi connectivity index (χ1v) is 10.7. The molecule has 4 rings (SSSR count). The van der Waals surface area contributed by atoms with Gasteiger partial charge in [-0.15, -0.1) is 11.3 Å². The van der Waals surface area contributed by atoms with Crippen LogP contribution in [0.2, 0.25) is 0 Å². The molecule has 0 fully saturated rings. The summed E-state index contributed by atoms with van der Waals surface area (Å²) < 4.78 is 20.3. The number of aryl methyl sites for hydroxylation is 1. The Labute approximate surface area is 182 Å². The quantitative estimate of drug-likeness (QED) is 0.388. The van der Waals surface area contributed by atoms with Crippen LogP contribution in [-0.2, 0) is 6.54 Å². The predicted molar refractivity (Wildman–Crippen MR) is 121 cm³/mol. The van der Waals surface area contributed by atoms with Gasteiger partial charge in [0.15, 0.2) is 5.78 Å². The summed E-state index contributed by atoms with van der Waals surface area (Å²) in [5.41, 5.74) is 1.67. The number of halogens is 1. The van der Waals surface area contributed by atoms with Gasteiger partial charge in [-0.05, 0) is 62.7 Å². The van der Waals surface area contributed by atoms with Crippen molar-refractivity contribution in [3.8, 4) is 16.9 Å². The maximum absolute atomic E-state index is 13.4. The third-order valence-corrected chi connectivity index (χ3v) is 5.86. The van der Waals surface area contributed by atoms with Gasteiger partial charge < -0.3 is 4.74 Å². The third kappa shape index (κ3) is 4.27. The van der Waals surface area contributed by atoms with Crippen molar-refractivity contribution >= 4 is 27.3 Å². The van der Waals surface area contributed by atoms with Crippen LogP contribution in [0.1, 0.15) is 29.1 Å². The van der Waals surface area contributed by atoms with Crippen molar-refractivity contribution < 1.29 is 13.9 Å². The number of hydrogen-bond acceptors (Lipinski definition) is 5. The summed E-state index contributed by atoms with van der Waals surface area (Å²) in [6.07, 6.45) is 1.45. The average Bonchev–Trinajstić information content (AvgIpc) is 3.07. The second kappa shape index (κ2) is 8.43. The summed E-state index contributed by atoms with van der Waals surface area (Å²) in [4.78, 5) is 31.9. The lowest BCUT2D eigenvalue weighted by molar-refractivity contribution is 0.0970. The predicted octanol–water partition coefficient (Wildman–Crippen LogP) is 5.24. The molecule has 0 spiro atoms. The highest BCUT2D eigenvalue weighted by atomic mass is 32.1. The number of ether oxygens (including phenoxy) is 1. The number of Topliss-reactive ketones (excluding diaryl/α,β-unsaturated/α-hetero) is 1. The fraction of sp³-hybridized carbons (Fsp3) is 0.208. The molecule has 0 unspecified atom stereocenters. The minimum absolute atomic E-state index is 0.0438. The van der Waals surface area contributed by atoms with Gasteiger partial charge in [0.2, 0.25) is 0 Å². The van der Waals surface area contributed by atoms with E-state index < -0.39 is 0 Å². The first kappa shape index (κ1) is 20.9. The molecule has 0 N–H and O–H groups in total. The van der Waals surface area contributed by atoms with Gasteiger partial charge in [-0.3, -0.25) is 14.2 Å². The number of fused-ring (bicyclic) bond motifs is 1. The number of aromatic nitrogens is 2. The lowest BCUT2D eigenvalue weighted by Gasteiger charge is -2.10. The van der Waals surface area contributed by atoms with Crippen molar-refractivity contribution in [2.75, 3.05) is 0 Å². The number of ketones is 1. The van der Waals surface area contributed by atoms with E-state index in [0.717, 1.165) is 16.0 Å². The fourth-order valence-electron chi connectivity index (χ4n) is 3.45. The number of hydrogen-bond donors (Lipinski definition) is 0. The highest BCUT2D eigenvalue weighted by Gasteiger charge is 2.18. The highest BCUT2D eigenvalue weighted by molar-refractivity contribution is 7.19. The van der Waals surface area contributed by atoms with Crippen LogP contribution in [0.3, 0.4) is 0 Å². The Morgan fingerprint density at radius 1 is 1.13 bits per heavy atom. The summed E-state index contributed by atoms with van der Waals surface area (Å²) in [6.45, 7) is 5.65. The summed E-state index contributed by atoms with van der Waals surface area (Å²) in [5, 5.41) is 0.449. The number of benzene rings is 2. The van der Waals surface area contributed by atoms with Crippen LogP contribution in [0.25, 0.3) is 21.3 Å². The fourth-order valence-corrected chi connectivity index (χ4v) is 4.46. The Morgan fingerprint density at radius 3 is 2.45 bits per heavy atom. The normalized spacial score (nSPS) is 11.3. The molecule has 2 aromatic carbocycles. The van der Waals surface area contributed by atoms with Gasteiger partial charge in [0.1, 0.15) is 16.4 Å². The van der Waals surface area contributed by atoms with Gasteiger partial charge >= 0.3 is 0 Å². The van der Waals surface area contributed by atoms with Crippen molar-refractivity contribution in [3.63, 3.8) is 0 Å². The Hall–Kier alpha value is -3.32. The summed E-state index contributed by atoms with van der Waals surface area (Å²) in [5.74, 6) is 0.144. The molecule has 7 heteroatoms. The van der Waals surface area contributed by atoms with Crippen molar-refractivity contribution in [2.24, 2.45) is 0 Å². The van der Waals surface area contributed by atoms with Crippen molar-refractivity contribution in [3.05, 3.63) is 81.5 Å². The first-order chi connectivity index (χ1) is 14.8. The number of nitrogens with zero attached hydrogens (tertiary/aromatic N) is 2. The van der Waals surface area contributed by atoms with Crippen molar-refractivity contribution in [1.29, 1.82) is 0 Å². The molecule has 0 aliphatic heterocycles. The first-order valence-electron chi connectivity index (χ1n) is 9.88. The van der Waals surface area contributed by atoms with Crippen LogP contribution in [0, 0.1) is 12.7 Å². The standard InChI is InChI=1S/C24H21FN2O3S/c1-14(2)30-19-10-6-16(7-11-19)20(28)12-27-13-26-23-22(24(27)29)21(15(3)31-23)17-4-8-18(25)9-5-17/h4-11,13-14H,12H2,1-3H3. The zero-order valence-electron chi connectivity index (χ0n) is 17.4. The molecule has 0 saturated heterocycles. The van der Waals surface area contributed by atoms with Gasteiger partial charge in [0.25, 0.3) is 5.56 Å². The molecular formula is C24H21FN2O3S. The molecule has 31 heavy (non-hydrogen) atoms. The van der Waals surface area contributed by atoms with E-state index in [2.05, 4.69) is 4.98 Å². The van der Waals surface area contributed by atoms with E-state index in [1.54, 1.807) is 36.4 Å². The topological polar surface area (TPSA) is 61.2 Å². The maximum Gasteiger partial charge on any atom is 0.263 e. The van der Waals surface area contributed by atoms with Crippen molar-refractivity contribution in [2.45, 2.75) is 33.4 Å². The molecule has 0 aliphatic rings. The molecule has 5 nitrogen and oxygen atoms in total. The second-order valence-electron chi connectivity index (χ2n) is 7.51. The summed E-state index contributed by atoms with van der Waals surface area (Å²) in [7, 11) is 0. The third-order valence-electron chi connectivity index (χ3n) is 4.85.